The maximum absolute atomic E-state index is 11.5. The fourth-order valence-electron chi connectivity index (χ4n) is 1.47. The first-order chi connectivity index (χ1) is 7.49. The second kappa shape index (κ2) is 9.19. The Morgan fingerprint density at radius 3 is 2.56 bits per heavy atom. The summed E-state index contributed by atoms with van der Waals surface area (Å²) in [6.45, 7) is 6.67. The van der Waals surface area contributed by atoms with E-state index in [-0.39, 0.29) is 43.3 Å². The number of rotatable bonds is 5. The van der Waals surface area contributed by atoms with E-state index in [4.69, 9.17) is 5.73 Å². The zero-order chi connectivity index (χ0) is 12.1. The Labute approximate surface area is 120 Å². The Morgan fingerprint density at radius 1 is 1.50 bits per heavy atom. The molecule has 0 fully saturated rings. The Kier molecular flexibility index (Phi) is 9.99. The minimum Gasteiger partial charge on any atom is -0.354 e. The van der Waals surface area contributed by atoms with Gasteiger partial charge in [0.15, 0.2) is 0 Å². The highest BCUT2D eigenvalue weighted by Crippen LogP contribution is 2.00. The fourth-order valence-corrected chi connectivity index (χ4v) is 1.47. The van der Waals surface area contributed by atoms with E-state index in [1.807, 2.05) is 26.8 Å². The van der Waals surface area contributed by atoms with E-state index in [2.05, 4.69) is 10.4 Å². The lowest BCUT2D eigenvalue weighted by atomic mass is 10.2. The molecule has 0 spiro atoms. The number of carbonyl (C=O) groups excluding carboxylic acids is 1. The van der Waals surface area contributed by atoms with Crippen LogP contribution in [0.15, 0.2) is 6.07 Å². The molecule has 0 saturated carbocycles. The van der Waals surface area contributed by atoms with Crippen molar-refractivity contribution in [2.75, 3.05) is 6.54 Å². The predicted molar refractivity (Wildman–Crippen MR) is 77.5 cm³/mol. The molecule has 106 valence electrons. The van der Waals surface area contributed by atoms with Gasteiger partial charge in [-0.2, -0.15) is 5.10 Å². The number of nitrogens with zero attached hydrogens (tertiary/aromatic N) is 2. The van der Waals surface area contributed by atoms with Crippen LogP contribution >= 0.6 is 24.8 Å². The molecule has 1 rings (SSSR count). The van der Waals surface area contributed by atoms with E-state index >= 15 is 0 Å². The fraction of sp³-hybridized carbons (Fsp3) is 0.636. The van der Waals surface area contributed by atoms with Crippen molar-refractivity contribution in [3.63, 3.8) is 0 Å². The number of hydrogen-bond acceptors (Lipinski definition) is 3. The summed E-state index contributed by atoms with van der Waals surface area (Å²) in [5, 5.41) is 7.04. The van der Waals surface area contributed by atoms with Crippen molar-refractivity contribution in [2.45, 2.75) is 39.8 Å². The van der Waals surface area contributed by atoms with Crippen LogP contribution in [0.4, 0.5) is 0 Å². The van der Waals surface area contributed by atoms with Gasteiger partial charge in [0.05, 0.1) is 5.69 Å². The van der Waals surface area contributed by atoms with Crippen molar-refractivity contribution < 1.29 is 4.79 Å². The Hall–Kier alpha value is -0.780. The summed E-state index contributed by atoms with van der Waals surface area (Å²) in [5.74, 6) is -0.0214. The molecule has 1 heterocycles. The van der Waals surface area contributed by atoms with Gasteiger partial charge in [0, 0.05) is 18.3 Å². The normalized spacial score (nSPS) is 11.1. The first-order valence-electron chi connectivity index (χ1n) is 5.52. The third-order valence-corrected chi connectivity index (χ3v) is 2.32. The average molecular weight is 297 g/mol. The van der Waals surface area contributed by atoms with Crippen LogP contribution in [0.5, 0.6) is 0 Å². The minimum atomic E-state index is -0.0214. The molecule has 0 aliphatic rings. The van der Waals surface area contributed by atoms with Gasteiger partial charge in [0.2, 0.25) is 5.91 Å². The molecule has 7 heteroatoms. The third-order valence-electron chi connectivity index (χ3n) is 2.32. The van der Waals surface area contributed by atoms with Crippen molar-refractivity contribution in [3.8, 4) is 0 Å². The number of aryl methyl sites for hydroxylation is 2. The van der Waals surface area contributed by atoms with Gasteiger partial charge in [-0.3, -0.25) is 9.48 Å². The molecule has 1 amide bonds. The molecule has 1 aromatic rings. The smallest absolute Gasteiger partial charge is 0.241 e. The van der Waals surface area contributed by atoms with Gasteiger partial charge < -0.3 is 11.1 Å². The molecule has 0 aromatic carbocycles. The SMILES string of the molecule is Cc1cc(C)n(CC(=O)NCCC(C)N)n1.Cl.Cl. The molecule has 0 aliphatic carbocycles. The standard InChI is InChI=1S/C11H20N4O.2ClH/c1-8(12)4-5-13-11(16)7-15-10(3)6-9(2)14-15;;/h6,8H,4-5,7,12H2,1-3H3,(H,13,16);2*1H. The van der Waals surface area contributed by atoms with E-state index in [1.165, 1.54) is 0 Å². The summed E-state index contributed by atoms with van der Waals surface area (Å²) in [6.07, 6.45) is 0.795. The van der Waals surface area contributed by atoms with Crippen LogP contribution in [-0.2, 0) is 11.3 Å². The van der Waals surface area contributed by atoms with E-state index in [1.54, 1.807) is 4.68 Å². The first-order valence-corrected chi connectivity index (χ1v) is 5.52. The summed E-state index contributed by atoms with van der Waals surface area (Å²) in [7, 11) is 0. The number of aromatic nitrogens is 2. The number of hydrogen-bond donors (Lipinski definition) is 2. The third kappa shape index (κ3) is 6.83. The van der Waals surface area contributed by atoms with E-state index in [9.17, 15) is 4.79 Å². The van der Waals surface area contributed by atoms with Gasteiger partial charge in [-0.1, -0.05) is 0 Å². The van der Waals surface area contributed by atoms with Gasteiger partial charge in [-0.25, -0.2) is 0 Å². The number of nitrogens with one attached hydrogen (secondary N) is 1. The summed E-state index contributed by atoms with van der Waals surface area (Å²) >= 11 is 0. The quantitative estimate of drug-likeness (QED) is 0.857. The summed E-state index contributed by atoms with van der Waals surface area (Å²) in [5.41, 5.74) is 7.52. The summed E-state index contributed by atoms with van der Waals surface area (Å²) < 4.78 is 1.70. The monoisotopic (exact) mass is 296 g/mol. The van der Waals surface area contributed by atoms with Crippen molar-refractivity contribution in [1.82, 2.24) is 15.1 Å². The van der Waals surface area contributed by atoms with E-state index < -0.39 is 0 Å². The molecule has 1 aromatic heterocycles. The largest absolute Gasteiger partial charge is 0.354 e. The van der Waals surface area contributed by atoms with Crippen LogP contribution < -0.4 is 11.1 Å². The average Bonchev–Trinajstić information content (AvgIpc) is 2.44. The molecule has 1 atom stereocenters. The lowest BCUT2D eigenvalue weighted by Crippen LogP contribution is -2.32. The minimum absolute atomic E-state index is 0. The molecule has 0 saturated heterocycles. The van der Waals surface area contributed by atoms with Gasteiger partial charge in [0.1, 0.15) is 6.54 Å². The maximum atomic E-state index is 11.5. The molecular formula is C11H22Cl2N4O. The number of amides is 1. The van der Waals surface area contributed by atoms with Crippen LogP contribution in [0, 0.1) is 13.8 Å². The van der Waals surface area contributed by atoms with Crippen molar-refractivity contribution in [2.24, 2.45) is 5.73 Å². The lowest BCUT2D eigenvalue weighted by Gasteiger charge is -2.08. The second-order valence-corrected chi connectivity index (χ2v) is 4.20. The van der Waals surface area contributed by atoms with Crippen LogP contribution in [-0.4, -0.2) is 28.3 Å². The van der Waals surface area contributed by atoms with Gasteiger partial charge in [0.25, 0.3) is 0 Å². The van der Waals surface area contributed by atoms with Crippen LogP contribution in [0.3, 0.4) is 0 Å². The second-order valence-electron chi connectivity index (χ2n) is 4.20. The zero-order valence-electron chi connectivity index (χ0n) is 11.0. The van der Waals surface area contributed by atoms with Crippen molar-refractivity contribution in [3.05, 3.63) is 17.5 Å². The maximum Gasteiger partial charge on any atom is 0.241 e. The van der Waals surface area contributed by atoms with Crippen molar-refractivity contribution >= 4 is 30.7 Å². The number of carbonyl (C=O) groups is 1. The van der Waals surface area contributed by atoms with Crippen LogP contribution in [0.25, 0.3) is 0 Å². The molecule has 0 radical (unpaired) electrons. The number of halogens is 2. The predicted octanol–water partition coefficient (Wildman–Crippen LogP) is 1.20. The highest BCUT2D eigenvalue weighted by molar-refractivity contribution is 5.85. The van der Waals surface area contributed by atoms with Crippen molar-refractivity contribution in [1.29, 1.82) is 0 Å². The van der Waals surface area contributed by atoms with E-state index in [0.29, 0.717) is 6.54 Å². The topological polar surface area (TPSA) is 72.9 Å². The van der Waals surface area contributed by atoms with Gasteiger partial charge in [-0.15, -0.1) is 24.8 Å². The number of nitrogens with two attached hydrogens (primary N) is 1. The van der Waals surface area contributed by atoms with Gasteiger partial charge >= 0.3 is 0 Å². The highest BCUT2D eigenvalue weighted by atomic mass is 35.5. The molecule has 0 aliphatic heterocycles. The van der Waals surface area contributed by atoms with E-state index in [0.717, 1.165) is 17.8 Å². The Bertz CT molecular complexity index is 366. The van der Waals surface area contributed by atoms with Crippen LogP contribution in [0.2, 0.25) is 0 Å². The molecular weight excluding hydrogens is 275 g/mol. The molecule has 0 bridgehead atoms. The first kappa shape index (κ1) is 19.6. The lowest BCUT2D eigenvalue weighted by molar-refractivity contribution is -0.121. The van der Waals surface area contributed by atoms with Gasteiger partial charge in [-0.05, 0) is 33.3 Å². The Balaban J connectivity index is 0. The van der Waals surface area contributed by atoms with Crippen LogP contribution in [0.1, 0.15) is 24.7 Å². The molecule has 1 unspecified atom stereocenters. The summed E-state index contributed by atoms with van der Waals surface area (Å²) in [6, 6.07) is 2.07. The molecule has 18 heavy (non-hydrogen) atoms. The molecule has 5 nitrogen and oxygen atoms in total. The zero-order valence-corrected chi connectivity index (χ0v) is 12.6. The highest BCUT2D eigenvalue weighted by Gasteiger charge is 2.06. The molecule has 3 N–H and O–H groups in total. The summed E-state index contributed by atoms with van der Waals surface area (Å²) in [4.78, 5) is 11.5. The Morgan fingerprint density at radius 2 is 2.11 bits per heavy atom.